The maximum Gasteiger partial charge on any atom is 0.0701 e. The van der Waals surface area contributed by atoms with Crippen molar-refractivity contribution < 1.29 is 9.84 Å². The Bertz CT molecular complexity index is 163. The molecule has 2 aliphatic rings. The second-order valence-corrected chi connectivity index (χ2v) is 5.23. The van der Waals surface area contributed by atoms with E-state index in [4.69, 9.17) is 9.84 Å². The Labute approximate surface area is 86.6 Å². The van der Waals surface area contributed by atoms with Gasteiger partial charge in [-0.3, -0.25) is 0 Å². The van der Waals surface area contributed by atoms with Gasteiger partial charge in [0.05, 0.1) is 19.3 Å². The molecule has 0 aromatic rings. The van der Waals surface area contributed by atoms with E-state index in [2.05, 4.69) is 6.92 Å². The lowest BCUT2D eigenvalue weighted by molar-refractivity contribution is -0.0363. The lowest BCUT2D eigenvalue weighted by Crippen LogP contribution is -2.34. The first-order chi connectivity index (χ1) is 6.78. The Morgan fingerprint density at radius 1 is 1.07 bits per heavy atom. The summed E-state index contributed by atoms with van der Waals surface area (Å²) in [6.45, 7) is 3.08. The molecule has 0 aromatic heterocycles. The molecule has 2 atom stereocenters. The van der Waals surface area contributed by atoms with Crippen molar-refractivity contribution >= 4 is 0 Å². The van der Waals surface area contributed by atoms with Crippen LogP contribution in [0.1, 0.15) is 39.0 Å². The maximum absolute atomic E-state index is 8.72. The molecule has 14 heavy (non-hydrogen) atoms. The molecular weight excluding hydrogens is 176 g/mol. The topological polar surface area (TPSA) is 29.5 Å². The molecule has 0 amide bonds. The van der Waals surface area contributed by atoms with E-state index in [-0.39, 0.29) is 6.61 Å². The van der Waals surface area contributed by atoms with Crippen LogP contribution in [-0.4, -0.2) is 24.4 Å². The molecule has 2 bridgehead atoms. The van der Waals surface area contributed by atoms with Gasteiger partial charge in [-0.1, -0.05) is 6.92 Å². The fourth-order valence-corrected chi connectivity index (χ4v) is 3.48. The number of rotatable bonds is 3. The Kier molecular flexibility index (Phi) is 3.45. The monoisotopic (exact) mass is 198 g/mol. The number of hydrogen-bond donors (Lipinski definition) is 1. The normalized spacial score (nSPS) is 42.4. The minimum atomic E-state index is 0.169. The molecule has 2 aliphatic carbocycles. The molecule has 0 aliphatic heterocycles. The van der Waals surface area contributed by atoms with Gasteiger partial charge in [0.15, 0.2) is 0 Å². The molecule has 2 fully saturated rings. The third kappa shape index (κ3) is 2.48. The second kappa shape index (κ2) is 4.63. The second-order valence-electron chi connectivity index (χ2n) is 5.23. The summed E-state index contributed by atoms with van der Waals surface area (Å²) < 4.78 is 5.65. The minimum absolute atomic E-state index is 0.169. The molecule has 2 unspecified atom stereocenters. The first-order valence-corrected chi connectivity index (χ1v) is 6.00. The summed E-state index contributed by atoms with van der Waals surface area (Å²) in [7, 11) is 0. The van der Waals surface area contributed by atoms with E-state index < -0.39 is 0 Å². The zero-order chi connectivity index (χ0) is 9.97. The van der Waals surface area contributed by atoms with Gasteiger partial charge < -0.3 is 9.84 Å². The Hall–Kier alpha value is -0.0800. The Morgan fingerprint density at radius 2 is 1.71 bits per heavy atom. The van der Waals surface area contributed by atoms with Crippen LogP contribution < -0.4 is 0 Å². The van der Waals surface area contributed by atoms with Gasteiger partial charge in [0.1, 0.15) is 0 Å². The molecule has 0 aromatic carbocycles. The van der Waals surface area contributed by atoms with Gasteiger partial charge in [0.25, 0.3) is 0 Å². The lowest BCUT2D eigenvalue weighted by Gasteiger charge is -2.41. The molecule has 1 N–H and O–H groups in total. The summed E-state index contributed by atoms with van der Waals surface area (Å²) in [5, 5.41) is 8.72. The minimum Gasteiger partial charge on any atom is -0.394 e. The molecule has 2 rings (SSSR count). The Morgan fingerprint density at radius 3 is 2.29 bits per heavy atom. The van der Waals surface area contributed by atoms with Gasteiger partial charge in [-0.2, -0.15) is 0 Å². The van der Waals surface area contributed by atoms with E-state index >= 15 is 0 Å². The highest BCUT2D eigenvalue weighted by Crippen LogP contribution is 2.43. The molecular formula is C12H22O2. The molecule has 2 saturated carbocycles. The zero-order valence-corrected chi connectivity index (χ0v) is 9.11. The van der Waals surface area contributed by atoms with E-state index in [1.165, 1.54) is 32.1 Å². The fraction of sp³-hybridized carbons (Fsp3) is 1.00. The average Bonchev–Trinajstić information content (AvgIpc) is 2.12. The van der Waals surface area contributed by atoms with Gasteiger partial charge >= 0.3 is 0 Å². The van der Waals surface area contributed by atoms with E-state index in [0.717, 1.165) is 17.8 Å². The summed E-state index contributed by atoms with van der Waals surface area (Å²) in [6.07, 6.45) is 7.15. The highest BCUT2D eigenvalue weighted by molar-refractivity contribution is 4.85. The van der Waals surface area contributed by atoms with Crippen LogP contribution >= 0.6 is 0 Å². The summed E-state index contributed by atoms with van der Waals surface area (Å²) in [5.74, 6) is 2.74. The van der Waals surface area contributed by atoms with Crippen molar-refractivity contribution in [3.05, 3.63) is 0 Å². The van der Waals surface area contributed by atoms with Gasteiger partial charge in [0, 0.05) is 0 Å². The lowest BCUT2D eigenvalue weighted by atomic mass is 9.67. The molecule has 0 heterocycles. The number of fused-ring (bicyclic) bond motifs is 2. The zero-order valence-electron chi connectivity index (χ0n) is 9.11. The number of ether oxygens (including phenoxy) is 1. The maximum atomic E-state index is 8.72. The van der Waals surface area contributed by atoms with E-state index in [1.807, 2.05) is 0 Å². The predicted octanol–water partition coefficient (Wildman–Crippen LogP) is 2.21. The van der Waals surface area contributed by atoms with Gasteiger partial charge in [-0.15, -0.1) is 0 Å². The molecule has 0 saturated heterocycles. The van der Waals surface area contributed by atoms with Crippen LogP contribution in [0.15, 0.2) is 0 Å². The summed E-state index contributed by atoms with van der Waals surface area (Å²) >= 11 is 0. The average molecular weight is 198 g/mol. The molecule has 0 radical (unpaired) electrons. The van der Waals surface area contributed by atoms with E-state index in [0.29, 0.717) is 12.7 Å². The fourth-order valence-electron chi connectivity index (χ4n) is 3.48. The van der Waals surface area contributed by atoms with Crippen molar-refractivity contribution in [3.8, 4) is 0 Å². The third-order valence-electron chi connectivity index (χ3n) is 3.78. The van der Waals surface area contributed by atoms with E-state index in [1.54, 1.807) is 0 Å². The van der Waals surface area contributed by atoms with Crippen molar-refractivity contribution in [1.82, 2.24) is 0 Å². The first kappa shape index (κ1) is 10.4. The van der Waals surface area contributed by atoms with Crippen molar-refractivity contribution in [1.29, 1.82) is 0 Å². The molecule has 2 nitrogen and oxygen atoms in total. The van der Waals surface area contributed by atoms with Crippen molar-refractivity contribution in [2.75, 3.05) is 13.2 Å². The van der Waals surface area contributed by atoms with Crippen LogP contribution in [0.25, 0.3) is 0 Å². The van der Waals surface area contributed by atoms with E-state index in [9.17, 15) is 0 Å². The highest BCUT2D eigenvalue weighted by atomic mass is 16.5. The van der Waals surface area contributed by atoms with Gasteiger partial charge in [0.2, 0.25) is 0 Å². The van der Waals surface area contributed by atoms with Crippen molar-refractivity contribution in [2.45, 2.75) is 45.1 Å². The van der Waals surface area contributed by atoms with Gasteiger partial charge in [-0.25, -0.2) is 0 Å². The van der Waals surface area contributed by atoms with Crippen LogP contribution in [0.5, 0.6) is 0 Å². The Balaban J connectivity index is 1.83. The van der Waals surface area contributed by atoms with Crippen LogP contribution in [0, 0.1) is 17.8 Å². The van der Waals surface area contributed by atoms with Crippen LogP contribution in [0.2, 0.25) is 0 Å². The van der Waals surface area contributed by atoms with Crippen LogP contribution in [0.3, 0.4) is 0 Å². The first-order valence-electron chi connectivity index (χ1n) is 6.00. The van der Waals surface area contributed by atoms with Crippen molar-refractivity contribution in [3.63, 3.8) is 0 Å². The predicted molar refractivity (Wildman–Crippen MR) is 56.1 cm³/mol. The van der Waals surface area contributed by atoms with Gasteiger partial charge in [-0.05, 0) is 49.9 Å². The number of aliphatic hydroxyl groups is 1. The molecule has 2 heteroatoms. The SMILES string of the molecule is CC1CC2CC(C1)CC(OCCO)C2. The summed E-state index contributed by atoms with van der Waals surface area (Å²) in [6, 6.07) is 0. The summed E-state index contributed by atoms with van der Waals surface area (Å²) in [5.41, 5.74) is 0. The largest absolute Gasteiger partial charge is 0.394 e. The number of aliphatic hydroxyl groups excluding tert-OH is 1. The molecule has 0 spiro atoms. The third-order valence-corrected chi connectivity index (χ3v) is 3.78. The quantitative estimate of drug-likeness (QED) is 0.753. The standard InChI is InChI=1S/C12H22O2/c1-9-4-10-6-11(5-9)8-12(7-10)14-3-2-13/h9-13H,2-8H2,1H3. The molecule has 82 valence electrons. The van der Waals surface area contributed by atoms with Crippen molar-refractivity contribution in [2.24, 2.45) is 17.8 Å². The van der Waals surface area contributed by atoms with Crippen LogP contribution in [-0.2, 0) is 4.74 Å². The highest BCUT2D eigenvalue weighted by Gasteiger charge is 2.34. The number of hydrogen-bond acceptors (Lipinski definition) is 2. The summed E-state index contributed by atoms with van der Waals surface area (Å²) in [4.78, 5) is 0. The smallest absolute Gasteiger partial charge is 0.0701 e. The van der Waals surface area contributed by atoms with Crippen LogP contribution in [0.4, 0.5) is 0 Å².